The highest BCUT2D eigenvalue weighted by Gasteiger charge is 2.41. The zero-order valence-corrected chi connectivity index (χ0v) is 11.3. The minimum Gasteiger partial charge on any atom is -0.480 e. The van der Waals surface area contributed by atoms with Crippen molar-refractivity contribution in [3.63, 3.8) is 0 Å². The van der Waals surface area contributed by atoms with Gasteiger partial charge in [0, 0.05) is 0 Å². The van der Waals surface area contributed by atoms with E-state index in [2.05, 4.69) is 5.32 Å². The summed E-state index contributed by atoms with van der Waals surface area (Å²) in [6.07, 6.45) is 0.519. The van der Waals surface area contributed by atoms with E-state index in [9.17, 15) is 23.5 Å². The van der Waals surface area contributed by atoms with Crippen molar-refractivity contribution >= 4 is 23.6 Å². The number of rotatable bonds is 3. The number of amides is 1. The number of benzene rings is 1. The van der Waals surface area contributed by atoms with Gasteiger partial charge in [0.25, 0.3) is 5.91 Å². The summed E-state index contributed by atoms with van der Waals surface area (Å²) >= 11 is 1.59. The van der Waals surface area contributed by atoms with E-state index >= 15 is 0 Å². The molecule has 1 aromatic rings. The van der Waals surface area contributed by atoms with Crippen LogP contribution in [0.1, 0.15) is 23.2 Å². The van der Waals surface area contributed by atoms with Gasteiger partial charge in [0.2, 0.25) is 0 Å². The summed E-state index contributed by atoms with van der Waals surface area (Å²) in [6, 6.07) is 2.50. The van der Waals surface area contributed by atoms with Gasteiger partial charge in [-0.25, -0.2) is 13.6 Å². The topological polar surface area (TPSA) is 66.4 Å². The largest absolute Gasteiger partial charge is 0.480 e. The molecule has 1 aromatic carbocycles. The molecule has 0 unspecified atom stereocenters. The lowest BCUT2D eigenvalue weighted by Gasteiger charge is -2.33. The molecule has 4 nitrogen and oxygen atoms in total. The first kappa shape index (κ1) is 14.8. The second-order valence-electron chi connectivity index (χ2n) is 4.58. The molecule has 1 amide bonds. The zero-order chi connectivity index (χ0) is 14.8. The van der Waals surface area contributed by atoms with E-state index in [1.807, 2.05) is 0 Å². The fourth-order valence-corrected chi connectivity index (χ4v) is 3.26. The van der Waals surface area contributed by atoms with Crippen molar-refractivity contribution in [2.45, 2.75) is 18.4 Å². The predicted molar refractivity (Wildman–Crippen MR) is 70.8 cm³/mol. The molecule has 0 spiro atoms. The molecule has 7 heteroatoms. The number of carbonyl (C=O) groups is 2. The van der Waals surface area contributed by atoms with Gasteiger partial charge in [-0.2, -0.15) is 11.8 Å². The third-order valence-corrected chi connectivity index (χ3v) is 4.27. The van der Waals surface area contributed by atoms with Crippen LogP contribution in [0.15, 0.2) is 18.2 Å². The summed E-state index contributed by atoms with van der Waals surface area (Å²) in [5.41, 5.74) is -1.88. The van der Waals surface area contributed by atoms with Gasteiger partial charge in [0.15, 0.2) is 0 Å². The molecular weight excluding hydrogens is 288 g/mol. The van der Waals surface area contributed by atoms with E-state index in [0.29, 0.717) is 11.5 Å². The molecule has 1 aliphatic heterocycles. The van der Waals surface area contributed by atoms with Crippen LogP contribution in [0.2, 0.25) is 0 Å². The lowest BCUT2D eigenvalue weighted by molar-refractivity contribution is -0.144. The van der Waals surface area contributed by atoms with Gasteiger partial charge in [-0.1, -0.05) is 0 Å². The van der Waals surface area contributed by atoms with Gasteiger partial charge in [-0.15, -0.1) is 0 Å². The molecule has 0 atom stereocenters. The maximum Gasteiger partial charge on any atom is 0.329 e. The van der Waals surface area contributed by atoms with E-state index in [1.54, 1.807) is 11.8 Å². The van der Waals surface area contributed by atoms with E-state index < -0.39 is 34.6 Å². The first-order valence-corrected chi connectivity index (χ1v) is 7.19. The molecule has 0 saturated carbocycles. The Balaban J connectivity index is 2.24. The average Bonchev–Trinajstić information content (AvgIpc) is 2.42. The van der Waals surface area contributed by atoms with Crippen LogP contribution < -0.4 is 5.32 Å². The van der Waals surface area contributed by atoms with Crippen LogP contribution in [0.5, 0.6) is 0 Å². The average molecular weight is 301 g/mol. The fourth-order valence-electron chi connectivity index (χ4n) is 2.07. The summed E-state index contributed by atoms with van der Waals surface area (Å²) in [5, 5.41) is 11.7. The lowest BCUT2D eigenvalue weighted by Crippen LogP contribution is -2.56. The molecular formula is C13H13F2NO3S. The molecule has 108 valence electrons. The highest BCUT2D eigenvalue weighted by Crippen LogP contribution is 2.28. The molecule has 1 aliphatic rings. The van der Waals surface area contributed by atoms with Crippen molar-refractivity contribution in [3.8, 4) is 0 Å². The Morgan fingerprint density at radius 1 is 1.25 bits per heavy atom. The van der Waals surface area contributed by atoms with E-state index in [-0.39, 0.29) is 12.8 Å². The van der Waals surface area contributed by atoms with Gasteiger partial charge in [0.05, 0.1) is 5.56 Å². The molecule has 0 aliphatic carbocycles. The summed E-state index contributed by atoms with van der Waals surface area (Å²) in [7, 11) is 0. The first-order valence-electron chi connectivity index (χ1n) is 6.03. The second kappa shape index (κ2) is 5.78. The van der Waals surface area contributed by atoms with E-state index in [1.165, 1.54) is 0 Å². The number of thioether (sulfide) groups is 1. The Morgan fingerprint density at radius 2 is 1.90 bits per heavy atom. The van der Waals surface area contributed by atoms with Crippen LogP contribution in [0.25, 0.3) is 0 Å². The van der Waals surface area contributed by atoms with Crippen LogP contribution in [0.3, 0.4) is 0 Å². The van der Waals surface area contributed by atoms with Crippen LogP contribution in [0.4, 0.5) is 8.78 Å². The summed E-state index contributed by atoms with van der Waals surface area (Å²) in [5.74, 6) is -2.50. The van der Waals surface area contributed by atoms with E-state index in [0.717, 1.165) is 18.2 Å². The first-order chi connectivity index (χ1) is 9.44. The van der Waals surface area contributed by atoms with E-state index in [4.69, 9.17) is 0 Å². The number of halogens is 2. The van der Waals surface area contributed by atoms with Gasteiger partial charge in [-0.3, -0.25) is 4.79 Å². The monoisotopic (exact) mass is 301 g/mol. The van der Waals surface area contributed by atoms with Gasteiger partial charge >= 0.3 is 5.97 Å². The number of carboxylic acids is 1. The molecule has 20 heavy (non-hydrogen) atoms. The molecule has 1 fully saturated rings. The molecule has 0 bridgehead atoms. The van der Waals surface area contributed by atoms with Crippen LogP contribution in [-0.2, 0) is 4.79 Å². The predicted octanol–water partition coefficient (Wildman–Crippen LogP) is 2.04. The Bertz CT molecular complexity index is 544. The van der Waals surface area contributed by atoms with Gasteiger partial charge < -0.3 is 10.4 Å². The zero-order valence-electron chi connectivity index (χ0n) is 10.5. The number of nitrogens with one attached hydrogen (secondary N) is 1. The Labute approximate surface area is 118 Å². The smallest absolute Gasteiger partial charge is 0.329 e. The number of carboxylic acid groups (broad SMARTS) is 1. The van der Waals surface area contributed by atoms with Crippen LogP contribution in [-0.4, -0.2) is 34.0 Å². The SMILES string of the molecule is O=C(NC1(C(=O)O)CCSCC1)c1cc(F)ccc1F. The molecule has 1 heterocycles. The minimum atomic E-state index is -1.40. The maximum atomic E-state index is 13.5. The maximum absolute atomic E-state index is 13.5. The van der Waals surface area contributed by atoms with Gasteiger partial charge in [0.1, 0.15) is 17.2 Å². The summed E-state index contributed by atoms with van der Waals surface area (Å²) < 4.78 is 26.6. The van der Waals surface area contributed by atoms with Crippen molar-refractivity contribution in [1.29, 1.82) is 0 Å². The van der Waals surface area contributed by atoms with Gasteiger partial charge in [-0.05, 0) is 42.5 Å². The molecule has 0 radical (unpaired) electrons. The summed E-state index contributed by atoms with van der Waals surface area (Å²) in [6.45, 7) is 0. The molecule has 1 saturated heterocycles. The quantitative estimate of drug-likeness (QED) is 0.896. The second-order valence-corrected chi connectivity index (χ2v) is 5.80. The van der Waals surface area contributed by atoms with Crippen LogP contribution >= 0.6 is 11.8 Å². The molecule has 2 N–H and O–H groups in total. The molecule has 2 rings (SSSR count). The number of aliphatic carboxylic acids is 1. The number of carbonyl (C=O) groups excluding carboxylic acids is 1. The van der Waals surface area contributed by atoms with Crippen molar-refractivity contribution in [3.05, 3.63) is 35.4 Å². The number of hydrogen-bond donors (Lipinski definition) is 2. The van der Waals surface area contributed by atoms with Crippen LogP contribution in [0, 0.1) is 11.6 Å². The van der Waals surface area contributed by atoms with Crippen molar-refractivity contribution in [1.82, 2.24) is 5.32 Å². The Hall–Kier alpha value is -1.63. The standard InChI is InChI=1S/C13H13F2NO3S/c14-8-1-2-10(15)9(7-8)11(17)16-13(12(18)19)3-5-20-6-4-13/h1-2,7H,3-6H2,(H,16,17)(H,18,19). The minimum absolute atomic E-state index is 0.260. The Morgan fingerprint density at radius 3 is 2.50 bits per heavy atom. The fraction of sp³-hybridized carbons (Fsp3) is 0.385. The lowest BCUT2D eigenvalue weighted by atomic mass is 9.92. The summed E-state index contributed by atoms with van der Waals surface area (Å²) in [4.78, 5) is 23.4. The van der Waals surface area contributed by atoms with Crippen molar-refractivity contribution < 1.29 is 23.5 Å². The van der Waals surface area contributed by atoms with Crippen molar-refractivity contribution in [2.75, 3.05) is 11.5 Å². The normalized spacial score (nSPS) is 17.5. The Kier molecular flexibility index (Phi) is 4.27. The highest BCUT2D eigenvalue weighted by atomic mass is 32.2. The third kappa shape index (κ3) is 2.92. The third-order valence-electron chi connectivity index (χ3n) is 3.28. The molecule has 0 aromatic heterocycles. The highest BCUT2D eigenvalue weighted by molar-refractivity contribution is 7.99. The number of hydrogen-bond acceptors (Lipinski definition) is 3. The van der Waals surface area contributed by atoms with Crippen molar-refractivity contribution in [2.24, 2.45) is 0 Å².